The molecule has 0 aromatic heterocycles. The molecule has 0 spiro atoms. The molecule has 0 radical (unpaired) electrons. The van der Waals surface area contributed by atoms with Crippen LogP contribution in [0.3, 0.4) is 0 Å². The number of carbonyl (C=O) groups is 3. The average molecular weight is 549 g/mol. The number of likely N-dealkylation sites (N-methyl/N-ethyl adjacent to an activating group) is 1. The minimum absolute atomic E-state index is 0.295. The molecule has 202 valence electrons. The van der Waals surface area contributed by atoms with Gasteiger partial charge in [0.05, 0.1) is 36.0 Å². The summed E-state index contributed by atoms with van der Waals surface area (Å²) in [7, 11) is -2.44. The molecule has 0 saturated heterocycles. The van der Waals surface area contributed by atoms with Crippen LogP contribution in [0.2, 0.25) is 0 Å². The third kappa shape index (κ3) is 6.15. The largest absolute Gasteiger partial charge is 0.465 e. The molecule has 0 fully saturated rings. The lowest BCUT2D eigenvalue weighted by Gasteiger charge is -2.22. The number of nitrogens with zero attached hydrogens (tertiary/aromatic N) is 2. The molecular weight excluding hydrogens is 520 g/mol. The van der Waals surface area contributed by atoms with Crippen molar-refractivity contribution in [2.75, 3.05) is 36.1 Å². The van der Waals surface area contributed by atoms with Crippen LogP contribution in [0.4, 0.5) is 17.1 Å². The number of amides is 2. The summed E-state index contributed by atoms with van der Waals surface area (Å²) in [4.78, 5) is 42.1. The van der Waals surface area contributed by atoms with Crippen molar-refractivity contribution in [3.8, 4) is 0 Å². The van der Waals surface area contributed by atoms with Gasteiger partial charge in [-0.2, -0.15) is 0 Å². The number of esters is 1. The Bertz CT molecular complexity index is 1540. The summed E-state index contributed by atoms with van der Waals surface area (Å²) in [5, 5.41) is 5.43. The molecule has 39 heavy (non-hydrogen) atoms. The Hall–Kier alpha value is -4.51. The third-order valence-corrected chi connectivity index (χ3v) is 7.24. The molecular formula is C28H28N4O6S. The second-order valence-electron chi connectivity index (χ2n) is 8.82. The Kier molecular flexibility index (Phi) is 8.10. The van der Waals surface area contributed by atoms with Gasteiger partial charge in [-0.3, -0.25) is 18.9 Å². The summed E-state index contributed by atoms with van der Waals surface area (Å²) in [6.45, 7) is 1.78. The lowest BCUT2D eigenvalue weighted by molar-refractivity contribution is -0.119. The Balaban J connectivity index is 1.74. The van der Waals surface area contributed by atoms with Crippen LogP contribution in [0.15, 0.2) is 77.8 Å². The Labute approximate surface area is 226 Å². The van der Waals surface area contributed by atoms with Crippen LogP contribution in [0.5, 0.6) is 0 Å². The predicted octanol–water partition coefficient (Wildman–Crippen LogP) is 3.23. The molecule has 0 aliphatic carbocycles. The molecule has 2 amide bonds. The highest BCUT2D eigenvalue weighted by molar-refractivity contribution is 7.92. The van der Waals surface area contributed by atoms with Crippen LogP contribution in [-0.2, 0) is 24.3 Å². The lowest BCUT2D eigenvalue weighted by Crippen LogP contribution is -2.40. The lowest BCUT2D eigenvalue weighted by atomic mass is 9.90. The zero-order chi connectivity index (χ0) is 28.2. The van der Waals surface area contributed by atoms with Crippen LogP contribution in [0.1, 0.15) is 34.3 Å². The molecule has 1 unspecified atom stereocenters. The number of sulfonamides is 1. The number of benzene rings is 3. The second-order valence-corrected chi connectivity index (χ2v) is 10.7. The van der Waals surface area contributed by atoms with Crippen molar-refractivity contribution in [3.05, 3.63) is 89.5 Å². The summed E-state index contributed by atoms with van der Waals surface area (Å²) in [6.07, 6.45) is 1.04. The molecule has 3 aromatic carbocycles. The smallest absolute Gasteiger partial charge is 0.337 e. The molecule has 1 aliphatic rings. The third-order valence-electron chi connectivity index (χ3n) is 6.10. The van der Waals surface area contributed by atoms with E-state index >= 15 is 0 Å². The minimum Gasteiger partial charge on any atom is -0.465 e. The van der Waals surface area contributed by atoms with Crippen molar-refractivity contribution in [3.63, 3.8) is 0 Å². The van der Waals surface area contributed by atoms with Gasteiger partial charge in [0, 0.05) is 12.2 Å². The number of rotatable bonds is 9. The van der Waals surface area contributed by atoms with Crippen LogP contribution < -0.4 is 14.9 Å². The quantitative estimate of drug-likeness (QED) is 0.312. The minimum atomic E-state index is -3.72. The Morgan fingerprint density at radius 3 is 2.33 bits per heavy atom. The zero-order valence-electron chi connectivity index (χ0n) is 21.7. The van der Waals surface area contributed by atoms with Gasteiger partial charge in [-0.25, -0.2) is 13.2 Å². The van der Waals surface area contributed by atoms with Crippen LogP contribution in [-0.4, -0.2) is 58.4 Å². The van der Waals surface area contributed by atoms with Crippen molar-refractivity contribution in [1.82, 2.24) is 5.32 Å². The molecule has 4 rings (SSSR count). The number of methoxy groups -OCH3 is 1. The Morgan fingerprint density at radius 2 is 1.72 bits per heavy atom. The van der Waals surface area contributed by atoms with Crippen molar-refractivity contribution in [2.45, 2.75) is 12.8 Å². The summed E-state index contributed by atoms with van der Waals surface area (Å²) in [6, 6.07) is 20.5. The van der Waals surface area contributed by atoms with E-state index in [0.29, 0.717) is 40.4 Å². The van der Waals surface area contributed by atoms with E-state index in [0.717, 1.165) is 16.1 Å². The second kappa shape index (κ2) is 11.5. The average Bonchev–Trinajstić information content (AvgIpc) is 3.25. The van der Waals surface area contributed by atoms with Gasteiger partial charge in [-0.05, 0) is 54.4 Å². The van der Waals surface area contributed by atoms with Crippen molar-refractivity contribution >= 4 is 50.6 Å². The highest BCUT2D eigenvalue weighted by Crippen LogP contribution is 2.37. The first kappa shape index (κ1) is 27.5. The number of ether oxygens (including phenoxy) is 1. The molecule has 2 N–H and O–H groups in total. The van der Waals surface area contributed by atoms with Crippen molar-refractivity contribution < 1.29 is 27.5 Å². The first-order chi connectivity index (χ1) is 18.6. The maximum absolute atomic E-state index is 13.2. The standard InChI is InChI=1S/C28H28N4O6S/c1-4-29-24(33)17-32(39(3,36)37)21-13-11-20(12-14-21)30-26(18-8-6-5-7-9-18)25-22-15-10-19(28(35)38-2)16-23(22)31-27(25)34/h5-16,25H,4,17H2,1-3H3,(H,29,33)(H,31,34). The van der Waals surface area contributed by atoms with E-state index in [9.17, 15) is 22.8 Å². The maximum Gasteiger partial charge on any atom is 0.337 e. The number of anilines is 2. The van der Waals surface area contributed by atoms with Gasteiger partial charge in [-0.1, -0.05) is 36.4 Å². The van der Waals surface area contributed by atoms with Gasteiger partial charge >= 0.3 is 5.97 Å². The summed E-state index contributed by atoms with van der Waals surface area (Å²) >= 11 is 0. The van der Waals surface area contributed by atoms with E-state index in [1.807, 2.05) is 30.3 Å². The van der Waals surface area contributed by atoms with Crippen molar-refractivity contribution in [1.29, 1.82) is 0 Å². The first-order valence-electron chi connectivity index (χ1n) is 12.1. The molecule has 11 heteroatoms. The summed E-state index contributed by atoms with van der Waals surface area (Å²) < 4.78 is 30.6. The monoisotopic (exact) mass is 548 g/mol. The Morgan fingerprint density at radius 1 is 1.03 bits per heavy atom. The van der Waals surface area contributed by atoms with Gasteiger partial charge in [0.2, 0.25) is 21.8 Å². The maximum atomic E-state index is 13.2. The molecule has 1 heterocycles. The number of hydrogen-bond donors (Lipinski definition) is 2. The topological polar surface area (TPSA) is 134 Å². The summed E-state index contributed by atoms with van der Waals surface area (Å²) in [5.41, 5.74) is 3.47. The fourth-order valence-corrected chi connectivity index (χ4v) is 5.16. The number of carbonyl (C=O) groups excluding carboxylic acids is 3. The number of fused-ring (bicyclic) bond motifs is 1. The molecule has 3 aromatic rings. The van der Waals surface area contributed by atoms with E-state index in [1.165, 1.54) is 7.11 Å². The SMILES string of the molecule is CCNC(=O)CN(c1ccc(N=C(c2ccccc2)C2C(=O)Nc3cc(C(=O)OC)ccc32)cc1)S(C)(=O)=O. The summed E-state index contributed by atoms with van der Waals surface area (Å²) in [5.74, 6) is -1.98. The fraction of sp³-hybridized carbons (Fsp3) is 0.214. The van der Waals surface area contributed by atoms with Gasteiger partial charge in [0.25, 0.3) is 0 Å². The van der Waals surface area contributed by atoms with E-state index in [1.54, 1.807) is 49.4 Å². The fourth-order valence-electron chi connectivity index (χ4n) is 4.30. The molecule has 1 atom stereocenters. The first-order valence-corrected chi connectivity index (χ1v) is 14.0. The zero-order valence-corrected chi connectivity index (χ0v) is 22.5. The van der Waals surface area contributed by atoms with Crippen molar-refractivity contribution in [2.24, 2.45) is 4.99 Å². The molecule has 0 bridgehead atoms. The van der Waals surface area contributed by atoms with Crippen LogP contribution in [0.25, 0.3) is 0 Å². The van der Waals surface area contributed by atoms with Crippen LogP contribution >= 0.6 is 0 Å². The highest BCUT2D eigenvalue weighted by atomic mass is 32.2. The molecule has 1 aliphatic heterocycles. The van der Waals surface area contributed by atoms with E-state index in [-0.39, 0.29) is 12.5 Å². The van der Waals surface area contributed by atoms with Crippen LogP contribution in [0, 0.1) is 0 Å². The van der Waals surface area contributed by atoms with Gasteiger partial charge in [0.1, 0.15) is 12.5 Å². The van der Waals surface area contributed by atoms with Gasteiger partial charge in [0.15, 0.2) is 0 Å². The van der Waals surface area contributed by atoms with Gasteiger partial charge < -0.3 is 15.4 Å². The number of hydrogen-bond acceptors (Lipinski definition) is 7. The van der Waals surface area contributed by atoms with E-state index < -0.39 is 27.8 Å². The highest BCUT2D eigenvalue weighted by Gasteiger charge is 2.36. The normalized spacial score (nSPS) is 14.8. The number of aliphatic imine (C=N–C) groups is 1. The molecule has 10 nitrogen and oxygen atoms in total. The van der Waals surface area contributed by atoms with E-state index in [2.05, 4.69) is 10.6 Å². The molecule has 0 saturated carbocycles. The van der Waals surface area contributed by atoms with E-state index in [4.69, 9.17) is 9.73 Å². The number of nitrogens with one attached hydrogen (secondary N) is 2. The predicted molar refractivity (Wildman–Crippen MR) is 149 cm³/mol. The van der Waals surface area contributed by atoms with Gasteiger partial charge in [-0.15, -0.1) is 0 Å².